The van der Waals surface area contributed by atoms with Crippen LogP contribution in [0.4, 0.5) is 4.79 Å². The zero-order chi connectivity index (χ0) is 20.1. The van der Waals surface area contributed by atoms with Crippen LogP contribution in [-0.2, 0) is 16.8 Å². The number of nitrogens with zero attached hydrogens (tertiary/aromatic N) is 1. The molecule has 3 aromatic carbocycles. The Bertz CT molecular complexity index is 1020. The summed E-state index contributed by atoms with van der Waals surface area (Å²) < 4.78 is 0. The van der Waals surface area contributed by atoms with Crippen molar-refractivity contribution in [3.63, 3.8) is 0 Å². The Labute approximate surface area is 170 Å². The molecule has 0 bridgehead atoms. The zero-order valence-corrected chi connectivity index (χ0v) is 16.0. The molecule has 0 spiro atoms. The Morgan fingerprint density at radius 1 is 0.793 bits per heavy atom. The van der Waals surface area contributed by atoms with Crippen molar-refractivity contribution in [1.82, 2.24) is 10.2 Å². The van der Waals surface area contributed by atoms with Crippen LogP contribution < -0.4 is 5.32 Å². The Hall–Kier alpha value is -3.66. The minimum Gasteiger partial charge on any atom is -0.319 e. The number of nitrogens with one attached hydrogen (secondary N) is 1. The molecule has 1 aliphatic rings. The first-order valence-corrected chi connectivity index (χ1v) is 9.64. The summed E-state index contributed by atoms with van der Waals surface area (Å²) in [7, 11) is 0. The van der Waals surface area contributed by atoms with Gasteiger partial charge in [-0.1, -0.05) is 103 Å². The Morgan fingerprint density at radius 3 is 2.03 bits per heavy atom. The van der Waals surface area contributed by atoms with Crippen molar-refractivity contribution in [2.45, 2.75) is 12.0 Å². The van der Waals surface area contributed by atoms with Crippen LogP contribution in [0, 0.1) is 0 Å². The van der Waals surface area contributed by atoms with E-state index in [4.69, 9.17) is 0 Å². The molecule has 1 unspecified atom stereocenters. The second-order valence-electron chi connectivity index (χ2n) is 7.09. The third-order valence-corrected chi connectivity index (χ3v) is 5.15. The molecule has 0 aliphatic carbocycles. The molecule has 1 atom stereocenters. The molecular formula is C25H22N2O2. The fourth-order valence-electron chi connectivity index (χ4n) is 3.69. The molecule has 4 heteroatoms. The van der Waals surface area contributed by atoms with Gasteiger partial charge in [0, 0.05) is 13.0 Å². The first-order valence-electron chi connectivity index (χ1n) is 9.64. The maximum atomic E-state index is 13.5. The SMILES string of the molecule is O=C1NC(Cc2ccccc2)(c2ccccc2)C(=O)N1C/C=C/c1ccccc1. The fourth-order valence-corrected chi connectivity index (χ4v) is 3.69. The smallest absolute Gasteiger partial charge is 0.319 e. The summed E-state index contributed by atoms with van der Waals surface area (Å²) in [6.07, 6.45) is 4.16. The molecule has 1 saturated heterocycles. The summed E-state index contributed by atoms with van der Waals surface area (Å²) in [5.41, 5.74) is 1.71. The van der Waals surface area contributed by atoms with E-state index in [1.165, 1.54) is 4.90 Å². The van der Waals surface area contributed by atoms with E-state index in [2.05, 4.69) is 5.32 Å². The van der Waals surface area contributed by atoms with Crippen molar-refractivity contribution >= 4 is 18.0 Å². The molecule has 3 amide bonds. The van der Waals surface area contributed by atoms with Crippen molar-refractivity contribution in [3.8, 4) is 0 Å². The first kappa shape index (κ1) is 18.7. The van der Waals surface area contributed by atoms with Gasteiger partial charge < -0.3 is 5.32 Å². The summed E-state index contributed by atoms with van der Waals surface area (Å²) in [4.78, 5) is 27.5. The van der Waals surface area contributed by atoms with Gasteiger partial charge in [0.1, 0.15) is 0 Å². The lowest BCUT2D eigenvalue weighted by Gasteiger charge is -2.27. The van der Waals surface area contributed by atoms with Crippen LogP contribution in [0.3, 0.4) is 0 Å². The number of urea groups is 1. The van der Waals surface area contributed by atoms with Gasteiger partial charge in [-0.15, -0.1) is 0 Å². The quantitative estimate of drug-likeness (QED) is 0.643. The first-order chi connectivity index (χ1) is 14.2. The number of rotatable bonds is 6. The molecule has 1 aliphatic heterocycles. The molecule has 0 aromatic heterocycles. The number of imide groups is 1. The van der Waals surface area contributed by atoms with Crippen LogP contribution in [-0.4, -0.2) is 23.4 Å². The topological polar surface area (TPSA) is 49.4 Å². The maximum Gasteiger partial charge on any atom is 0.325 e. The molecule has 0 radical (unpaired) electrons. The highest BCUT2D eigenvalue weighted by Gasteiger charge is 2.51. The van der Waals surface area contributed by atoms with Crippen molar-refractivity contribution in [2.24, 2.45) is 0 Å². The van der Waals surface area contributed by atoms with Crippen molar-refractivity contribution in [1.29, 1.82) is 0 Å². The highest BCUT2D eigenvalue weighted by molar-refractivity contribution is 6.07. The van der Waals surface area contributed by atoms with E-state index in [0.29, 0.717) is 6.42 Å². The van der Waals surface area contributed by atoms with Crippen molar-refractivity contribution in [2.75, 3.05) is 6.54 Å². The lowest BCUT2D eigenvalue weighted by molar-refractivity contribution is -0.131. The monoisotopic (exact) mass is 382 g/mol. The number of amides is 3. The van der Waals surface area contributed by atoms with Gasteiger partial charge in [-0.05, 0) is 16.7 Å². The predicted octanol–water partition coefficient (Wildman–Crippen LogP) is 4.39. The number of benzene rings is 3. The molecule has 4 rings (SSSR count). The van der Waals surface area contributed by atoms with Crippen LogP contribution in [0.15, 0.2) is 97.1 Å². The fraction of sp³-hybridized carbons (Fsp3) is 0.120. The highest BCUT2D eigenvalue weighted by Crippen LogP contribution is 2.33. The molecule has 144 valence electrons. The van der Waals surface area contributed by atoms with Gasteiger partial charge in [-0.25, -0.2) is 4.79 Å². The molecule has 1 fully saturated rings. The number of hydrogen-bond acceptors (Lipinski definition) is 2. The summed E-state index contributed by atoms with van der Waals surface area (Å²) in [5, 5.41) is 2.98. The van der Waals surface area contributed by atoms with Crippen LogP contribution in [0.25, 0.3) is 6.08 Å². The second kappa shape index (κ2) is 8.15. The van der Waals surface area contributed by atoms with Gasteiger partial charge in [-0.3, -0.25) is 9.69 Å². The summed E-state index contributed by atoms with van der Waals surface area (Å²) in [5.74, 6) is -0.227. The maximum absolute atomic E-state index is 13.5. The number of carbonyl (C=O) groups is 2. The third-order valence-electron chi connectivity index (χ3n) is 5.15. The molecular weight excluding hydrogens is 360 g/mol. The minimum absolute atomic E-state index is 0.225. The standard InChI is InChI=1S/C25H22N2O2/c28-23-25(22-16-8-3-9-17-22,19-21-13-6-2-7-14-21)26-24(29)27(23)18-10-15-20-11-4-1-5-12-20/h1-17H,18-19H2,(H,26,29)/b15-10+. The third kappa shape index (κ3) is 3.83. The van der Waals surface area contributed by atoms with E-state index in [-0.39, 0.29) is 18.5 Å². The summed E-state index contributed by atoms with van der Waals surface area (Å²) in [6, 6.07) is 28.7. The summed E-state index contributed by atoms with van der Waals surface area (Å²) in [6.45, 7) is 0.225. The Balaban J connectivity index is 1.63. The van der Waals surface area contributed by atoms with E-state index < -0.39 is 5.54 Å². The zero-order valence-electron chi connectivity index (χ0n) is 16.0. The number of hydrogen-bond donors (Lipinski definition) is 1. The second-order valence-corrected chi connectivity index (χ2v) is 7.09. The molecule has 3 aromatic rings. The van der Waals surface area contributed by atoms with Gasteiger partial charge in [0.15, 0.2) is 5.54 Å². The van der Waals surface area contributed by atoms with Gasteiger partial charge >= 0.3 is 6.03 Å². The van der Waals surface area contributed by atoms with Gasteiger partial charge in [0.2, 0.25) is 0 Å². The van der Waals surface area contributed by atoms with Gasteiger partial charge in [0.05, 0.1) is 0 Å². The van der Waals surface area contributed by atoms with Crippen LogP contribution in [0.1, 0.15) is 16.7 Å². The molecule has 1 N–H and O–H groups in total. The lowest BCUT2D eigenvalue weighted by Crippen LogP contribution is -2.46. The average molecular weight is 382 g/mol. The normalized spacial score (nSPS) is 19.0. The van der Waals surface area contributed by atoms with E-state index >= 15 is 0 Å². The highest BCUT2D eigenvalue weighted by atomic mass is 16.2. The number of carbonyl (C=O) groups excluding carboxylic acids is 2. The van der Waals surface area contributed by atoms with Crippen LogP contribution in [0.5, 0.6) is 0 Å². The van der Waals surface area contributed by atoms with Crippen LogP contribution >= 0.6 is 0 Å². The van der Waals surface area contributed by atoms with Gasteiger partial charge in [-0.2, -0.15) is 0 Å². The Morgan fingerprint density at radius 2 is 1.38 bits per heavy atom. The average Bonchev–Trinajstić information content (AvgIpc) is 3.01. The molecule has 0 saturated carbocycles. The van der Waals surface area contributed by atoms with E-state index in [1.807, 2.05) is 103 Å². The largest absolute Gasteiger partial charge is 0.325 e. The molecule has 29 heavy (non-hydrogen) atoms. The van der Waals surface area contributed by atoms with Crippen molar-refractivity contribution < 1.29 is 9.59 Å². The summed E-state index contributed by atoms with van der Waals surface area (Å²) >= 11 is 0. The lowest BCUT2D eigenvalue weighted by atomic mass is 9.83. The van der Waals surface area contributed by atoms with E-state index in [9.17, 15) is 9.59 Å². The van der Waals surface area contributed by atoms with E-state index in [0.717, 1.165) is 16.7 Å². The van der Waals surface area contributed by atoms with Crippen molar-refractivity contribution in [3.05, 3.63) is 114 Å². The Kier molecular flexibility index (Phi) is 5.25. The predicted molar refractivity (Wildman–Crippen MR) is 114 cm³/mol. The minimum atomic E-state index is -1.10. The van der Waals surface area contributed by atoms with E-state index in [1.54, 1.807) is 0 Å². The molecule has 4 nitrogen and oxygen atoms in total. The molecule has 1 heterocycles. The van der Waals surface area contributed by atoms with Crippen LogP contribution in [0.2, 0.25) is 0 Å². The van der Waals surface area contributed by atoms with Gasteiger partial charge in [0.25, 0.3) is 5.91 Å².